The number of ether oxygens (including phenoxy) is 1. The first-order valence-electron chi connectivity index (χ1n) is 12.9. The topological polar surface area (TPSA) is 73.2 Å². The Kier molecular flexibility index (Phi) is 5.08. The van der Waals surface area contributed by atoms with Crippen LogP contribution in [0.25, 0.3) is 0 Å². The highest BCUT2D eigenvalue weighted by atomic mass is 16.6. The van der Waals surface area contributed by atoms with E-state index in [9.17, 15) is 15.3 Å². The highest BCUT2D eigenvalue weighted by Crippen LogP contribution is 2.76. The molecule has 5 fully saturated rings. The van der Waals surface area contributed by atoms with Crippen LogP contribution < -0.4 is 0 Å². The van der Waals surface area contributed by atoms with Crippen LogP contribution in [0.15, 0.2) is 11.6 Å². The Labute approximate surface area is 188 Å². The lowest BCUT2D eigenvalue weighted by molar-refractivity contribution is -0.246. The van der Waals surface area contributed by atoms with Crippen LogP contribution in [0.1, 0.15) is 92.4 Å². The minimum Gasteiger partial charge on any atom is -0.393 e. The molecule has 1 aliphatic heterocycles. The zero-order chi connectivity index (χ0) is 22.4. The highest BCUT2D eigenvalue weighted by molar-refractivity contribution is 5.32. The second-order valence-electron chi connectivity index (χ2n) is 12.7. The molecule has 0 aromatic carbocycles. The highest BCUT2D eigenvalue weighted by Gasteiger charge is 2.84. The van der Waals surface area contributed by atoms with E-state index >= 15 is 0 Å². The summed E-state index contributed by atoms with van der Waals surface area (Å²) in [6.07, 6.45) is 9.60. The third-order valence-electron chi connectivity index (χ3n) is 11.1. The van der Waals surface area contributed by atoms with Crippen LogP contribution >= 0.6 is 0 Å². The largest absolute Gasteiger partial charge is 0.393 e. The van der Waals surface area contributed by atoms with Crippen LogP contribution in [0.2, 0.25) is 0 Å². The molecule has 176 valence electrons. The Morgan fingerprint density at radius 3 is 2.52 bits per heavy atom. The lowest BCUT2D eigenvalue weighted by atomic mass is 9.42. The van der Waals surface area contributed by atoms with Crippen molar-refractivity contribution in [1.82, 2.24) is 0 Å². The molecule has 1 heterocycles. The van der Waals surface area contributed by atoms with Crippen LogP contribution in [0.5, 0.6) is 0 Å². The molecule has 4 heteroatoms. The number of epoxide rings is 1. The van der Waals surface area contributed by atoms with Gasteiger partial charge in [0.05, 0.1) is 6.10 Å². The van der Waals surface area contributed by atoms with Gasteiger partial charge in [-0.2, -0.15) is 0 Å². The van der Waals surface area contributed by atoms with E-state index in [2.05, 4.69) is 40.7 Å². The summed E-state index contributed by atoms with van der Waals surface area (Å²) in [5.41, 5.74) is -0.207. The van der Waals surface area contributed by atoms with Gasteiger partial charge in [-0.05, 0) is 94.3 Å². The summed E-state index contributed by atoms with van der Waals surface area (Å²) in [5, 5.41) is 33.4. The van der Waals surface area contributed by atoms with E-state index < -0.39 is 17.8 Å². The number of rotatable bonds is 4. The molecular formula is C27H44O4. The Morgan fingerprint density at radius 1 is 1.06 bits per heavy atom. The number of hydrogen-bond donors (Lipinski definition) is 3. The summed E-state index contributed by atoms with van der Waals surface area (Å²) in [6, 6.07) is 0. The predicted molar refractivity (Wildman–Crippen MR) is 121 cm³/mol. The van der Waals surface area contributed by atoms with Crippen molar-refractivity contribution in [2.24, 2.45) is 34.5 Å². The Balaban J connectivity index is 1.43. The van der Waals surface area contributed by atoms with E-state index in [4.69, 9.17) is 4.74 Å². The van der Waals surface area contributed by atoms with E-state index in [-0.39, 0.29) is 34.9 Å². The standard InChI is InChI=1S/C27H44O4/c1-16(2)7-6-8-17(3)19-9-10-20-24(19,4)13-12-21-25(5)14-11-18(28)15-26(25,30)22(29)23-27(20,21)31-23/h7,17-23,28-30H,6,8-15H2,1-5H3/t17-,18+,19-,20-,21-,22+,23-,24-,25-,26+,27+/m1/s1. The lowest BCUT2D eigenvalue weighted by Gasteiger charge is -2.63. The molecular weight excluding hydrogens is 388 g/mol. The fourth-order valence-electron chi connectivity index (χ4n) is 9.50. The van der Waals surface area contributed by atoms with Gasteiger partial charge < -0.3 is 20.1 Å². The van der Waals surface area contributed by atoms with Gasteiger partial charge in [0.25, 0.3) is 0 Å². The van der Waals surface area contributed by atoms with Crippen molar-refractivity contribution < 1.29 is 20.1 Å². The Morgan fingerprint density at radius 2 is 1.81 bits per heavy atom. The van der Waals surface area contributed by atoms with Gasteiger partial charge in [0.1, 0.15) is 23.4 Å². The molecule has 4 aliphatic carbocycles. The summed E-state index contributed by atoms with van der Waals surface area (Å²) in [5.74, 6) is 2.16. The van der Waals surface area contributed by atoms with E-state index in [0.717, 1.165) is 12.8 Å². The third-order valence-corrected chi connectivity index (χ3v) is 11.1. The number of hydrogen-bond acceptors (Lipinski definition) is 4. The molecule has 1 spiro atoms. The normalized spacial score (nSPS) is 56.0. The average molecular weight is 433 g/mol. The monoisotopic (exact) mass is 432 g/mol. The van der Waals surface area contributed by atoms with Gasteiger partial charge in [-0.3, -0.25) is 0 Å². The van der Waals surface area contributed by atoms with Gasteiger partial charge in [0.2, 0.25) is 0 Å². The van der Waals surface area contributed by atoms with Gasteiger partial charge in [-0.25, -0.2) is 0 Å². The van der Waals surface area contributed by atoms with Gasteiger partial charge in [0, 0.05) is 11.8 Å². The first kappa shape index (κ1) is 22.4. The maximum absolute atomic E-state index is 11.7. The van der Waals surface area contributed by atoms with Crippen LogP contribution in [0.3, 0.4) is 0 Å². The van der Waals surface area contributed by atoms with Gasteiger partial charge in [-0.15, -0.1) is 0 Å². The first-order chi connectivity index (χ1) is 14.5. The fraction of sp³-hybridized carbons (Fsp3) is 0.926. The zero-order valence-corrected chi connectivity index (χ0v) is 20.2. The Hall–Kier alpha value is -0.420. The molecule has 0 bridgehead atoms. The smallest absolute Gasteiger partial charge is 0.117 e. The molecule has 4 nitrogen and oxygen atoms in total. The first-order valence-corrected chi connectivity index (χ1v) is 12.9. The van der Waals surface area contributed by atoms with E-state index in [1.54, 1.807) is 0 Å². The van der Waals surface area contributed by atoms with Crippen molar-refractivity contribution in [3.05, 3.63) is 11.6 Å². The lowest BCUT2D eigenvalue weighted by Crippen LogP contribution is -2.72. The summed E-state index contributed by atoms with van der Waals surface area (Å²) < 4.78 is 6.56. The fourth-order valence-corrected chi connectivity index (χ4v) is 9.50. The number of allylic oxidation sites excluding steroid dienone is 2. The second-order valence-corrected chi connectivity index (χ2v) is 12.7. The molecule has 0 aromatic rings. The van der Waals surface area contributed by atoms with Crippen LogP contribution in [-0.2, 0) is 4.74 Å². The minimum absolute atomic E-state index is 0.259. The number of aliphatic hydroxyl groups is 3. The molecule has 5 rings (SSSR count). The third kappa shape index (κ3) is 2.80. The molecule has 0 amide bonds. The van der Waals surface area contributed by atoms with Crippen LogP contribution in [-0.4, -0.2) is 44.8 Å². The van der Waals surface area contributed by atoms with Crippen molar-refractivity contribution in [3.63, 3.8) is 0 Å². The maximum Gasteiger partial charge on any atom is 0.117 e. The zero-order valence-electron chi connectivity index (χ0n) is 20.2. The van der Waals surface area contributed by atoms with Gasteiger partial charge in [0.15, 0.2) is 0 Å². The molecule has 0 aromatic heterocycles. The minimum atomic E-state index is -1.23. The molecule has 3 N–H and O–H groups in total. The quantitative estimate of drug-likeness (QED) is 0.448. The predicted octanol–water partition coefficient (Wildman–Crippen LogP) is 4.61. The second kappa shape index (κ2) is 7.04. The van der Waals surface area contributed by atoms with E-state index in [1.807, 2.05) is 0 Å². The average Bonchev–Trinajstić information content (AvgIpc) is 3.30. The summed E-state index contributed by atoms with van der Waals surface area (Å²) in [6.45, 7) is 11.5. The summed E-state index contributed by atoms with van der Waals surface area (Å²) in [4.78, 5) is 0. The van der Waals surface area contributed by atoms with Crippen molar-refractivity contribution >= 4 is 0 Å². The molecule has 31 heavy (non-hydrogen) atoms. The molecule has 4 saturated carbocycles. The van der Waals surface area contributed by atoms with Gasteiger partial charge >= 0.3 is 0 Å². The maximum atomic E-state index is 11.7. The van der Waals surface area contributed by atoms with E-state index in [0.29, 0.717) is 24.2 Å². The Bertz CT molecular complexity index is 760. The summed E-state index contributed by atoms with van der Waals surface area (Å²) in [7, 11) is 0. The van der Waals surface area contributed by atoms with Crippen LogP contribution in [0, 0.1) is 34.5 Å². The summed E-state index contributed by atoms with van der Waals surface area (Å²) >= 11 is 0. The molecule has 1 saturated heterocycles. The molecule has 5 aliphatic rings. The molecule has 0 unspecified atom stereocenters. The van der Waals surface area contributed by atoms with E-state index in [1.165, 1.54) is 37.7 Å². The number of aliphatic hydroxyl groups excluding tert-OH is 2. The molecule has 0 radical (unpaired) electrons. The number of fused-ring (bicyclic) bond motifs is 3. The van der Waals surface area contributed by atoms with Crippen molar-refractivity contribution in [2.45, 2.75) is 122 Å². The van der Waals surface area contributed by atoms with Gasteiger partial charge in [-0.1, -0.05) is 32.4 Å². The molecule has 11 atom stereocenters. The van der Waals surface area contributed by atoms with Crippen molar-refractivity contribution in [3.8, 4) is 0 Å². The SMILES string of the molecule is CC(C)=CCC[C@@H](C)[C@H]1CC[C@@H]2[C@]1(C)CC[C@H]1[C@@]23O[C@@H]3[C@H](O)[C@@]2(O)C[C@@H](O)CC[C@]12C. The van der Waals surface area contributed by atoms with Crippen molar-refractivity contribution in [1.29, 1.82) is 0 Å². The van der Waals surface area contributed by atoms with Crippen LogP contribution in [0.4, 0.5) is 0 Å². The van der Waals surface area contributed by atoms with Crippen molar-refractivity contribution in [2.75, 3.05) is 0 Å².